The van der Waals surface area contributed by atoms with E-state index >= 15 is 0 Å². The Balaban J connectivity index is 0.802. The maximum atomic E-state index is 13.2. The van der Waals surface area contributed by atoms with Gasteiger partial charge in [0.25, 0.3) is 5.91 Å². The first-order valence-electron chi connectivity index (χ1n) is 23.1. The van der Waals surface area contributed by atoms with Crippen LogP contribution in [-0.2, 0) is 27.8 Å². The molecule has 17 heteroatoms. The van der Waals surface area contributed by atoms with Gasteiger partial charge in [-0.25, -0.2) is 14.8 Å². The van der Waals surface area contributed by atoms with Gasteiger partial charge in [-0.1, -0.05) is 19.9 Å². The first kappa shape index (κ1) is 43.6. The van der Waals surface area contributed by atoms with Gasteiger partial charge in [-0.05, 0) is 118 Å². The van der Waals surface area contributed by atoms with Crippen molar-refractivity contribution < 1.29 is 23.5 Å². The normalized spacial score (nSPS) is 23.2. The standard InChI is InChI=1S/C47H61N11O6/c1-29(2)44-36(52-45(60)37-27-63-28-51-37)26-57(54-44)38-10-9-32(19-35(38)33-14-15-49-42(21-33)50-23-31-6-7-31)22-48-24-34-25-56(17-18-64-34)16-4-5-30-8-11-39-41(20-30)55(3)47(62)58(39)40-12-13-43(59)53-46(40)61/h8,11,14-15,20-21,26-29,31-32,34-35,38,40,48H,4-7,9-10,12-13,16-19,22-25H2,1-3H3,(H,49,50)(H,52,60)(H,53,59,61)/t32?,34-,35?,38?,40?/m1/s1. The summed E-state index contributed by atoms with van der Waals surface area (Å²) in [4.78, 5) is 61.8. The predicted octanol–water partition coefficient (Wildman–Crippen LogP) is 5.14. The maximum Gasteiger partial charge on any atom is 0.329 e. The predicted molar refractivity (Wildman–Crippen MR) is 241 cm³/mol. The number of pyridine rings is 1. The molecule has 9 rings (SSSR count). The third kappa shape index (κ3) is 9.86. The molecule has 0 radical (unpaired) electrons. The molecule has 5 aromatic rings. The number of aromatic nitrogens is 6. The van der Waals surface area contributed by atoms with Crippen LogP contribution in [0.3, 0.4) is 0 Å². The van der Waals surface area contributed by atoms with E-state index < -0.39 is 11.9 Å². The third-order valence-corrected chi connectivity index (χ3v) is 13.6. The molecule has 1 aromatic carbocycles. The number of piperidine rings is 1. The number of imide groups is 1. The number of fused-ring (bicyclic) bond motifs is 1. The van der Waals surface area contributed by atoms with Crippen LogP contribution in [0.15, 0.2) is 64.6 Å². The number of ether oxygens (including phenoxy) is 1. The second-order valence-corrected chi connectivity index (χ2v) is 18.6. The zero-order chi connectivity index (χ0) is 44.3. The molecule has 3 amide bonds. The molecule has 340 valence electrons. The summed E-state index contributed by atoms with van der Waals surface area (Å²) in [5.41, 5.74) is 5.41. The first-order chi connectivity index (χ1) is 31.1. The van der Waals surface area contributed by atoms with Crippen molar-refractivity contribution in [3.8, 4) is 0 Å². The summed E-state index contributed by atoms with van der Waals surface area (Å²) >= 11 is 0. The third-order valence-electron chi connectivity index (χ3n) is 13.6. The lowest BCUT2D eigenvalue weighted by Gasteiger charge is -2.37. The fourth-order valence-corrected chi connectivity index (χ4v) is 9.91. The summed E-state index contributed by atoms with van der Waals surface area (Å²) in [5.74, 6) is 1.37. The highest BCUT2D eigenvalue weighted by Crippen LogP contribution is 2.44. The van der Waals surface area contributed by atoms with Gasteiger partial charge >= 0.3 is 5.69 Å². The number of oxazole rings is 1. The second-order valence-electron chi connectivity index (χ2n) is 18.6. The van der Waals surface area contributed by atoms with Crippen LogP contribution in [0.1, 0.15) is 116 Å². The second kappa shape index (κ2) is 19.2. The molecule has 64 heavy (non-hydrogen) atoms. The minimum Gasteiger partial charge on any atom is -0.451 e. The van der Waals surface area contributed by atoms with Crippen molar-refractivity contribution in [2.75, 3.05) is 56.5 Å². The van der Waals surface area contributed by atoms with Crippen LogP contribution in [0.25, 0.3) is 11.0 Å². The lowest BCUT2D eigenvalue weighted by molar-refractivity contribution is -0.135. The number of carbonyl (C=O) groups excluding carboxylic acids is 3. The lowest BCUT2D eigenvalue weighted by Crippen LogP contribution is -2.47. The Hall–Kier alpha value is -5.65. The first-order valence-corrected chi connectivity index (χ1v) is 23.1. The van der Waals surface area contributed by atoms with Gasteiger partial charge in [0.05, 0.1) is 41.2 Å². The Morgan fingerprint density at radius 1 is 0.984 bits per heavy atom. The minimum absolute atomic E-state index is 0.100. The molecule has 4 aromatic heterocycles. The molecule has 5 atom stereocenters. The highest BCUT2D eigenvalue weighted by Gasteiger charge is 2.36. The zero-order valence-electron chi connectivity index (χ0n) is 37.1. The molecular weight excluding hydrogens is 815 g/mol. The smallest absolute Gasteiger partial charge is 0.329 e. The minimum atomic E-state index is -0.690. The SMILES string of the molecule is CC(C)c1nn(C2CCC(CNC[C@@H]3CN(CCCc4ccc5c(c4)n(C)c(=O)n5C4CCC(=O)NC4=O)CCO3)CC2c2ccnc(NCC3CC3)c2)cc1NC(=O)c1cocn1. The van der Waals surface area contributed by atoms with Crippen LogP contribution in [0.5, 0.6) is 0 Å². The molecule has 0 spiro atoms. The Morgan fingerprint density at radius 2 is 1.84 bits per heavy atom. The number of nitrogens with one attached hydrogen (secondary N) is 4. The van der Waals surface area contributed by atoms with Gasteiger partial charge in [-0.15, -0.1) is 0 Å². The summed E-state index contributed by atoms with van der Waals surface area (Å²) in [6.07, 6.45) is 14.5. The van der Waals surface area contributed by atoms with E-state index in [0.29, 0.717) is 30.1 Å². The Kier molecular flexibility index (Phi) is 13.1. The van der Waals surface area contributed by atoms with E-state index in [9.17, 15) is 19.2 Å². The number of benzene rings is 1. The van der Waals surface area contributed by atoms with Crippen LogP contribution in [0, 0.1) is 11.8 Å². The van der Waals surface area contributed by atoms with Gasteiger partial charge in [-0.2, -0.15) is 5.10 Å². The number of anilines is 2. The van der Waals surface area contributed by atoms with E-state index in [-0.39, 0.29) is 53.6 Å². The van der Waals surface area contributed by atoms with Gasteiger partial charge < -0.3 is 25.1 Å². The van der Waals surface area contributed by atoms with Crippen LogP contribution in [0.4, 0.5) is 11.5 Å². The van der Waals surface area contributed by atoms with Crippen molar-refractivity contribution in [3.63, 3.8) is 0 Å². The van der Waals surface area contributed by atoms with Crippen molar-refractivity contribution in [1.29, 1.82) is 0 Å². The fourth-order valence-electron chi connectivity index (χ4n) is 9.91. The van der Waals surface area contributed by atoms with E-state index in [2.05, 4.69) is 72.9 Å². The molecule has 4 aliphatic rings. The summed E-state index contributed by atoms with van der Waals surface area (Å²) < 4.78 is 16.5. The molecule has 4 unspecified atom stereocenters. The van der Waals surface area contributed by atoms with E-state index in [4.69, 9.17) is 14.3 Å². The summed E-state index contributed by atoms with van der Waals surface area (Å²) in [5, 5.41) is 17.9. The average Bonchev–Trinajstić information content (AvgIpc) is 3.65. The van der Waals surface area contributed by atoms with Crippen molar-refractivity contribution in [1.82, 2.24) is 44.4 Å². The number of rotatable bonds is 17. The average molecular weight is 876 g/mol. The molecule has 2 saturated carbocycles. The van der Waals surface area contributed by atoms with Gasteiger partial charge in [0.1, 0.15) is 18.1 Å². The van der Waals surface area contributed by atoms with E-state index in [1.807, 2.05) is 24.5 Å². The highest BCUT2D eigenvalue weighted by atomic mass is 16.5. The number of morpholine rings is 1. The van der Waals surface area contributed by atoms with Gasteiger partial charge in [0, 0.05) is 58.0 Å². The Labute approximate surface area is 372 Å². The number of hydrogen-bond donors (Lipinski definition) is 4. The molecule has 2 aliphatic heterocycles. The Morgan fingerprint density at radius 3 is 2.64 bits per heavy atom. The molecule has 2 saturated heterocycles. The quantitative estimate of drug-likeness (QED) is 0.0900. The molecule has 4 fully saturated rings. The molecule has 2 aliphatic carbocycles. The van der Waals surface area contributed by atoms with Crippen LogP contribution >= 0.6 is 0 Å². The van der Waals surface area contributed by atoms with E-state index in [0.717, 1.165) is 99.9 Å². The van der Waals surface area contributed by atoms with Crippen LogP contribution in [-0.4, -0.2) is 103 Å². The highest BCUT2D eigenvalue weighted by molar-refractivity contribution is 6.03. The fraction of sp³-hybridized carbons (Fsp3) is 0.553. The number of imidazole rings is 1. The number of amides is 3. The maximum absolute atomic E-state index is 13.2. The Bertz CT molecular complexity index is 2500. The number of nitrogens with zero attached hydrogens (tertiary/aromatic N) is 7. The summed E-state index contributed by atoms with van der Waals surface area (Å²) in [6, 6.07) is 9.83. The summed E-state index contributed by atoms with van der Waals surface area (Å²) in [6.45, 7) is 10.2. The van der Waals surface area contributed by atoms with Gasteiger partial charge in [0.2, 0.25) is 11.8 Å². The number of carbonyl (C=O) groups is 3. The van der Waals surface area contributed by atoms with Crippen molar-refractivity contribution in [2.24, 2.45) is 18.9 Å². The molecule has 0 bridgehead atoms. The van der Waals surface area contributed by atoms with Gasteiger partial charge in [-0.3, -0.25) is 38.4 Å². The van der Waals surface area contributed by atoms with Crippen LogP contribution < -0.4 is 27.0 Å². The lowest BCUT2D eigenvalue weighted by atomic mass is 9.74. The van der Waals surface area contributed by atoms with E-state index in [1.54, 1.807) is 11.6 Å². The topological polar surface area (TPSA) is 195 Å². The van der Waals surface area contributed by atoms with Crippen molar-refractivity contribution in [3.05, 3.63) is 88.4 Å². The molecule has 17 nitrogen and oxygen atoms in total. The number of aryl methyl sites for hydroxylation is 2. The van der Waals surface area contributed by atoms with Crippen molar-refractivity contribution in [2.45, 2.75) is 102 Å². The van der Waals surface area contributed by atoms with Crippen LogP contribution in [0.2, 0.25) is 0 Å². The number of hydrogen-bond acceptors (Lipinski definition) is 12. The largest absolute Gasteiger partial charge is 0.451 e. The monoisotopic (exact) mass is 875 g/mol. The molecule has 4 N–H and O–H groups in total. The molecule has 6 heterocycles. The van der Waals surface area contributed by atoms with Crippen molar-refractivity contribution >= 4 is 40.3 Å². The molecular formula is C47H61N11O6. The van der Waals surface area contributed by atoms with E-state index in [1.165, 1.54) is 35.6 Å². The summed E-state index contributed by atoms with van der Waals surface area (Å²) in [7, 11) is 1.73. The zero-order valence-corrected chi connectivity index (χ0v) is 37.1. The van der Waals surface area contributed by atoms with Gasteiger partial charge in [0.15, 0.2) is 12.1 Å².